The van der Waals surface area contributed by atoms with E-state index in [1.807, 2.05) is 0 Å². The van der Waals surface area contributed by atoms with Crippen molar-refractivity contribution in [2.24, 2.45) is 5.92 Å². The summed E-state index contributed by atoms with van der Waals surface area (Å²) in [6.45, 7) is 5.61. The smallest absolute Gasteiger partial charge is 0.224 e. The Hall–Kier alpha value is -1.09. The van der Waals surface area contributed by atoms with Crippen molar-refractivity contribution in [1.29, 1.82) is 0 Å². The first-order valence-electron chi connectivity index (χ1n) is 5.55. The van der Waals surface area contributed by atoms with Gasteiger partial charge in [-0.2, -0.15) is 0 Å². The summed E-state index contributed by atoms with van der Waals surface area (Å²) in [4.78, 5) is 11.5. The Kier molecular flexibility index (Phi) is 4.94. The molecule has 0 radical (unpaired) electrons. The molecule has 1 N–H and O–H groups in total. The molecular weight excluding hydrogens is 241 g/mol. The maximum Gasteiger partial charge on any atom is 0.224 e. The van der Waals surface area contributed by atoms with Crippen LogP contribution in [-0.2, 0) is 11.3 Å². The van der Waals surface area contributed by atoms with Gasteiger partial charge in [-0.3, -0.25) is 4.79 Å². The van der Waals surface area contributed by atoms with Gasteiger partial charge in [0.05, 0.1) is 0 Å². The molecule has 0 aliphatic heterocycles. The van der Waals surface area contributed by atoms with Gasteiger partial charge in [-0.05, 0) is 30.5 Å². The normalized spacial score (nSPS) is 12.3. The van der Waals surface area contributed by atoms with Gasteiger partial charge in [0.15, 0.2) is 0 Å². The number of benzene rings is 1. The van der Waals surface area contributed by atoms with Gasteiger partial charge in [-0.25, -0.2) is 4.39 Å². The first-order valence-corrected chi connectivity index (χ1v) is 6.08. The van der Waals surface area contributed by atoms with Crippen molar-refractivity contribution in [3.05, 3.63) is 34.6 Å². The highest BCUT2D eigenvalue weighted by molar-refractivity contribution is 6.19. The van der Waals surface area contributed by atoms with Crippen LogP contribution in [0.2, 0.25) is 0 Å². The minimum Gasteiger partial charge on any atom is -0.352 e. The molecule has 17 heavy (non-hydrogen) atoms. The molecule has 1 aromatic rings. The molecule has 0 aliphatic carbocycles. The average molecular weight is 258 g/mol. The lowest BCUT2D eigenvalue weighted by Crippen LogP contribution is -2.29. The van der Waals surface area contributed by atoms with E-state index in [4.69, 9.17) is 11.6 Å². The van der Waals surface area contributed by atoms with Crippen molar-refractivity contribution in [1.82, 2.24) is 5.32 Å². The zero-order valence-corrected chi connectivity index (χ0v) is 11.1. The van der Waals surface area contributed by atoms with Gasteiger partial charge in [-0.15, -0.1) is 11.6 Å². The average Bonchev–Trinajstić information content (AvgIpc) is 2.31. The third kappa shape index (κ3) is 3.70. The minimum atomic E-state index is -0.209. The number of rotatable bonds is 4. The van der Waals surface area contributed by atoms with Crippen LogP contribution >= 0.6 is 11.6 Å². The summed E-state index contributed by atoms with van der Waals surface area (Å²) in [7, 11) is 0. The van der Waals surface area contributed by atoms with Crippen LogP contribution in [0.4, 0.5) is 4.39 Å². The van der Waals surface area contributed by atoms with Crippen LogP contribution in [0.5, 0.6) is 0 Å². The number of hydrogen-bond donors (Lipinski definition) is 1. The van der Waals surface area contributed by atoms with Gasteiger partial charge in [0.2, 0.25) is 5.91 Å². The molecule has 0 saturated carbocycles. The molecule has 0 saturated heterocycles. The van der Waals surface area contributed by atoms with E-state index in [0.717, 1.165) is 5.56 Å². The van der Waals surface area contributed by atoms with Crippen molar-refractivity contribution in [2.75, 3.05) is 5.88 Å². The predicted molar refractivity (Wildman–Crippen MR) is 67.6 cm³/mol. The maximum atomic E-state index is 13.4. The molecule has 1 atom stereocenters. The lowest BCUT2D eigenvalue weighted by Gasteiger charge is -2.11. The molecule has 94 valence electrons. The van der Waals surface area contributed by atoms with Crippen molar-refractivity contribution in [2.45, 2.75) is 27.3 Å². The molecule has 1 rings (SSSR count). The zero-order chi connectivity index (χ0) is 13.0. The van der Waals surface area contributed by atoms with Crippen molar-refractivity contribution >= 4 is 17.5 Å². The molecule has 0 heterocycles. The molecule has 1 amide bonds. The third-order valence-electron chi connectivity index (χ3n) is 2.64. The Morgan fingerprint density at radius 1 is 1.41 bits per heavy atom. The Labute approximate surface area is 106 Å². The minimum absolute atomic E-state index is 0.0837. The second-order valence-corrected chi connectivity index (χ2v) is 4.63. The molecule has 4 heteroatoms. The fraction of sp³-hybridized carbons (Fsp3) is 0.462. The monoisotopic (exact) mass is 257 g/mol. The van der Waals surface area contributed by atoms with Gasteiger partial charge >= 0.3 is 0 Å². The summed E-state index contributed by atoms with van der Waals surface area (Å²) in [6, 6.07) is 3.49. The van der Waals surface area contributed by atoms with Gasteiger partial charge < -0.3 is 5.32 Å². The maximum absolute atomic E-state index is 13.4. The number of amides is 1. The standard InChI is InChI=1S/C13H17ClFNO/c1-8-4-11(5-9(2)12(8)15)7-16-13(17)10(3)6-14/h4-5,10H,6-7H2,1-3H3,(H,16,17). The van der Waals surface area contributed by atoms with Crippen molar-refractivity contribution in [3.63, 3.8) is 0 Å². The lowest BCUT2D eigenvalue weighted by molar-refractivity contribution is -0.124. The summed E-state index contributed by atoms with van der Waals surface area (Å²) < 4.78 is 13.4. The molecule has 2 nitrogen and oxygen atoms in total. The van der Waals surface area contributed by atoms with E-state index < -0.39 is 0 Å². The highest BCUT2D eigenvalue weighted by Crippen LogP contribution is 2.14. The van der Waals surface area contributed by atoms with E-state index in [9.17, 15) is 9.18 Å². The van der Waals surface area contributed by atoms with E-state index in [2.05, 4.69) is 5.32 Å². The number of halogens is 2. The number of carbonyl (C=O) groups is 1. The third-order valence-corrected chi connectivity index (χ3v) is 3.10. The Bertz CT molecular complexity index is 397. The molecule has 0 aliphatic rings. The van der Waals surface area contributed by atoms with Gasteiger partial charge in [0.25, 0.3) is 0 Å². The Balaban J connectivity index is 2.67. The SMILES string of the molecule is Cc1cc(CNC(=O)C(C)CCl)cc(C)c1F. The highest BCUT2D eigenvalue weighted by atomic mass is 35.5. The molecule has 0 bridgehead atoms. The van der Waals surface area contributed by atoms with E-state index in [0.29, 0.717) is 23.6 Å². The Morgan fingerprint density at radius 2 is 1.94 bits per heavy atom. The molecular formula is C13H17ClFNO. The lowest BCUT2D eigenvalue weighted by atomic mass is 10.1. The number of nitrogens with one attached hydrogen (secondary N) is 1. The molecule has 0 spiro atoms. The van der Waals surface area contributed by atoms with E-state index >= 15 is 0 Å². The first-order chi connectivity index (χ1) is 7.95. The molecule has 0 aromatic heterocycles. The van der Waals surface area contributed by atoms with E-state index in [-0.39, 0.29) is 17.6 Å². The zero-order valence-electron chi connectivity index (χ0n) is 10.3. The first kappa shape index (κ1) is 14.0. The summed E-state index contributed by atoms with van der Waals surface area (Å²) in [5.41, 5.74) is 2.09. The summed E-state index contributed by atoms with van der Waals surface area (Å²) in [5.74, 6) is -0.180. The number of hydrogen-bond acceptors (Lipinski definition) is 1. The van der Waals surface area contributed by atoms with E-state index in [1.165, 1.54) is 0 Å². The van der Waals surface area contributed by atoms with Crippen LogP contribution in [0.1, 0.15) is 23.6 Å². The number of carbonyl (C=O) groups excluding carboxylic acids is 1. The van der Waals surface area contributed by atoms with Crippen molar-refractivity contribution < 1.29 is 9.18 Å². The largest absolute Gasteiger partial charge is 0.352 e. The summed E-state index contributed by atoms with van der Waals surface area (Å²) in [5, 5.41) is 2.78. The highest BCUT2D eigenvalue weighted by Gasteiger charge is 2.11. The quantitative estimate of drug-likeness (QED) is 0.826. The van der Waals surface area contributed by atoms with Crippen LogP contribution in [0.15, 0.2) is 12.1 Å². The number of aryl methyl sites for hydroxylation is 2. The fourth-order valence-electron chi connectivity index (χ4n) is 1.57. The number of alkyl halides is 1. The second-order valence-electron chi connectivity index (χ2n) is 4.32. The van der Waals surface area contributed by atoms with Crippen molar-refractivity contribution in [3.8, 4) is 0 Å². The Morgan fingerprint density at radius 3 is 2.41 bits per heavy atom. The molecule has 0 fully saturated rings. The van der Waals surface area contributed by atoms with Crippen LogP contribution in [0.3, 0.4) is 0 Å². The molecule has 1 aromatic carbocycles. The van der Waals surface area contributed by atoms with Crippen LogP contribution < -0.4 is 5.32 Å². The van der Waals surface area contributed by atoms with E-state index in [1.54, 1.807) is 32.9 Å². The van der Waals surface area contributed by atoms with Crippen LogP contribution in [-0.4, -0.2) is 11.8 Å². The predicted octanol–water partition coefficient (Wildman–Crippen LogP) is 2.93. The van der Waals surface area contributed by atoms with Gasteiger partial charge in [-0.1, -0.05) is 19.1 Å². The van der Waals surface area contributed by atoms with Crippen LogP contribution in [0, 0.1) is 25.6 Å². The van der Waals surface area contributed by atoms with Gasteiger partial charge in [0.1, 0.15) is 5.82 Å². The summed E-state index contributed by atoms with van der Waals surface area (Å²) >= 11 is 5.59. The second kappa shape index (κ2) is 6.01. The van der Waals surface area contributed by atoms with Crippen LogP contribution in [0.25, 0.3) is 0 Å². The fourth-order valence-corrected chi connectivity index (χ4v) is 1.71. The topological polar surface area (TPSA) is 29.1 Å². The molecule has 1 unspecified atom stereocenters. The summed E-state index contributed by atoms with van der Waals surface area (Å²) in [6.07, 6.45) is 0. The van der Waals surface area contributed by atoms with Gasteiger partial charge in [0, 0.05) is 18.3 Å².